The van der Waals surface area contributed by atoms with Gasteiger partial charge in [-0.25, -0.2) is 9.79 Å². The van der Waals surface area contributed by atoms with Crippen LogP contribution in [0.1, 0.15) is 36.1 Å². The topological polar surface area (TPSA) is 65.6 Å². The number of esters is 1. The Labute approximate surface area is 250 Å². The molecule has 0 unspecified atom stereocenters. The number of ether oxygens (including phenoxy) is 1. The minimum atomic E-state index is -0.631. The molecule has 3 aromatic carbocycles. The summed E-state index contributed by atoms with van der Waals surface area (Å²) in [6, 6.07) is 22.6. The van der Waals surface area contributed by atoms with Gasteiger partial charge in [-0.1, -0.05) is 96.1 Å². The van der Waals surface area contributed by atoms with Gasteiger partial charge in [-0.2, -0.15) is 0 Å². The number of carbonyl (C=O) groups is 1. The Hall–Kier alpha value is -3.91. The number of nitrogens with zero attached hydrogens (tertiary/aromatic N) is 3. The molecule has 0 radical (unpaired) electrons. The second-order valence-electron chi connectivity index (χ2n) is 9.68. The van der Waals surface area contributed by atoms with Gasteiger partial charge in [-0.3, -0.25) is 9.36 Å². The summed E-state index contributed by atoms with van der Waals surface area (Å²) in [5.41, 5.74) is 4.57. The first-order chi connectivity index (χ1) is 19.9. The van der Waals surface area contributed by atoms with E-state index in [2.05, 4.69) is 10.6 Å². The van der Waals surface area contributed by atoms with E-state index >= 15 is 0 Å². The van der Waals surface area contributed by atoms with Crippen molar-refractivity contribution in [2.75, 3.05) is 7.11 Å². The molecular formula is C32H25Cl2N3O3S. The first-order valence-corrected chi connectivity index (χ1v) is 14.7. The molecule has 2 aromatic heterocycles. The number of thiazole rings is 1. The summed E-state index contributed by atoms with van der Waals surface area (Å²) in [4.78, 5) is 32.3. The predicted octanol–water partition coefficient (Wildman–Crippen LogP) is 6.11. The van der Waals surface area contributed by atoms with Crippen LogP contribution in [0.5, 0.6) is 0 Å². The summed E-state index contributed by atoms with van der Waals surface area (Å²) in [6.45, 7) is 2.53. The highest BCUT2D eigenvalue weighted by atomic mass is 35.5. The molecule has 6 nitrogen and oxygen atoms in total. The minimum absolute atomic E-state index is 0.208. The Morgan fingerprint density at radius 1 is 1.05 bits per heavy atom. The Balaban J connectivity index is 1.52. The van der Waals surface area contributed by atoms with Crippen LogP contribution in [0.2, 0.25) is 10.0 Å². The van der Waals surface area contributed by atoms with Crippen LogP contribution in [0.4, 0.5) is 0 Å². The number of allylic oxidation sites excluding steroid dienone is 1. The van der Waals surface area contributed by atoms with Crippen molar-refractivity contribution < 1.29 is 9.53 Å². The zero-order valence-electron chi connectivity index (χ0n) is 22.3. The normalized spacial score (nSPS) is 15.2. The molecule has 0 saturated carbocycles. The maximum Gasteiger partial charge on any atom is 0.338 e. The second-order valence-corrected chi connectivity index (χ2v) is 11.5. The summed E-state index contributed by atoms with van der Waals surface area (Å²) in [5.74, 6) is -0.487. The van der Waals surface area contributed by atoms with E-state index in [4.69, 9.17) is 32.9 Å². The first kappa shape index (κ1) is 27.3. The van der Waals surface area contributed by atoms with Gasteiger partial charge in [0.05, 0.1) is 39.0 Å². The molecule has 1 atom stereocenters. The number of hydrogen-bond acceptors (Lipinski definition) is 5. The third-order valence-electron chi connectivity index (χ3n) is 7.21. The van der Waals surface area contributed by atoms with Crippen molar-refractivity contribution in [1.82, 2.24) is 9.13 Å². The van der Waals surface area contributed by atoms with Crippen molar-refractivity contribution >= 4 is 57.5 Å². The zero-order chi connectivity index (χ0) is 28.7. The highest BCUT2D eigenvalue weighted by Gasteiger charge is 2.33. The summed E-state index contributed by atoms with van der Waals surface area (Å²) in [5, 5.41) is 2.04. The molecule has 0 spiro atoms. The summed E-state index contributed by atoms with van der Waals surface area (Å²) >= 11 is 13.7. The van der Waals surface area contributed by atoms with Crippen LogP contribution in [0.3, 0.4) is 0 Å². The molecule has 41 heavy (non-hydrogen) atoms. The van der Waals surface area contributed by atoms with Gasteiger partial charge in [0, 0.05) is 29.2 Å². The summed E-state index contributed by atoms with van der Waals surface area (Å²) < 4.78 is 9.43. The van der Waals surface area contributed by atoms with Crippen LogP contribution < -0.4 is 14.9 Å². The highest BCUT2D eigenvalue weighted by Crippen LogP contribution is 2.32. The molecule has 1 aliphatic heterocycles. The molecule has 0 saturated heterocycles. The number of hydrogen-bond donors (Lipinski definition) is 0. The van der Waals surface area contributed by atoms with E-state index < -0.39 is 12.0 Å². The molecule has 5 aromatic rings. The molecule has 0 fully saturated rings. The minimum Gasteiger partial charge on any atom is -0.466 e. The predicted molar refractivity (Wildman–Crippen MR) is 164 cm³/mol. The molecule has 3 heterocycles. The smallest absolute Gasteiger partial charge is 0.338 e. The largest absolute Gasteiger partial charge is 0.466 e. The number of methoxy groups -OCH3 is 1. The highest BCUT2D eigenvalue weighted by molar-refractivity contribution is 7.07. The fourth-order valence-electron chi connectivity index (χ4n) is 5.31. The SMILES string of the molecule is CCC1=C(C(=O)OC)[C@@H](c2ccccc2)n2c(s/c(=C/c3cn(Cc4ccc(Cl)c(Cl)c4)c4ccccc34)c2=O)=N1. The lowest BCUT2D eigenvalue weighted by molar-refractivity contribution is -0.136. The van der Waals surface area contributed by atoms with Crippen LogP contribution in [-0.2, 0) is 16.1 Å². The fraction of sp³-hybridized carbons (Fsp3) is 0.156. The first-order valence-electron chi connectivity index (χ1n) is 13.1. The van der Waals surface area contributed by atoms with E-state index in [1.54, 1.807) is 10.6 Å². The van der Waals surface area contributed by atoms with Crippen molar-refractivity contribution in [3.63, 3.8) is 0 Å². The van der Waals surface area contributed by atoms with E-state index in [0.717, 1.165) is 27.6 Å². The molecule has 0 aliphatic carbocycles. The van der Waals surface area contributed by atoms with Gasteiger partial charge in [0.25, 0.3) is 5.56 Å². The monoisotopic (exact) mass is 601 g/mol. The third-order valence-corrected chi connectivity index (χ3v) is 8.93. The fourth-order valence-corrected chi connectivity index (χ4v) is 6.64. The van der Waals surface area contributed by atoms with Gasteiger partial charge in [0.15, 0.2) is 4.80 Å². The number of aromatic nitrogens is 2. The van der Waals surface area contributed by atoms with Crippen LogP contribution in [0.15, 0.2) is 100 Å². The lowest BCUT2D eigenvalue weighted by Crippen LogP contribution is -2.40. The van der Waals surface area contributed by atoms with E-state index in [9.17, 15) is 9.59 Å². The molecule has 6 rings (SSSR count). The van der Waals surface area contributed by atoms with Crippen molar-refractivity contribution in [2.24, 2.45) is 4.99 Å². The van der Waals surface area contributed by atoms with Crippen LogP contribution in [0, 0.1) is 0 Å². The Kier molecular flexibility index (Phi) is 7.43. The average Bonchev–Trinajstić information content (AvgIpc) is 3.50. The number of carbonyl (C=O) groups excluding carboxylic acids is 1. The summed E-state index contributed by atoms with van der Waals surface area (Å²) in [7, 11) is 1.35. The molecule has 0 bridgehead atoms. The lowest BCUT2D eigenvalue weighted by atomic mass is 9.95. The van der Waals surface area contributed by atoms with Gasteiger partial charge in [-0.05, 0) is 41.8 Å². The Morgan fingerprint density at radius 2 is 1.80 bits per heavy atom. The van der Waals surface area contributed by atoms with Gasteiger partial charge >= 0.3 is 5.97 Å². The number of rotatable bonds is 6. The zero-order valence-corrected chi connectivity index (χ0v) is 24.6. The number of para-hydroxylation sites is 1. The number of fused-ring (bicyclic) bond motifs is 2. The standard InChI is InChI=1S/C32H25Cl2N3O3S/c1-3-25-28(31(39)40-2)29(20-9-5-4-6-10-20)37-30(38)27(41-32(37)35-25)16-21-18-36(26-12-8-7-11-22(21)26)17-19-13-14-23(33)24(34)15-19/h4-16,18,29H,3,17H2,1-2H3/b27-16+/t29-/m1/s1. The quantitative estimate of drug-likeness (QED) is 0.221. The van der Waals surface area contributed by atoms with E-state index in [-0.39, 0.29) is 5.56 Å². The Bertz CT molecular complexity index is 2020. The van der Waals surface area contributed by atoms with Crippen LogP contribution >= 0.6 is 34.5 Å². The molecule has 1 aliphatic rings. The number of benzene rings is 3. The Morgan fingerprint density at radius 3 is 2.54 bits per heavy atom. The van der Waals surface area contributed by atoms with Gasteiger partial charge < -0.3 is 9.30 Å². The van der Waals surface area contributed by atoms with E-state index in [1.165, 1.54) is 18.4 Å². The third kappa shape index (κ3) is 4.95. The van der Waals surface area contributed by atoms with Crippen molar-refractivity contribution in [2.45, 2.75) is 25.9 Å². The maximum absolute atomic E-state index is 14.0. The van der Waals surface area contributed by atoms with Gasteiger partial charge in [0.1, 0.15) is 0 Å². The van der Waals surface area contributed by atoms with Crippen molar-refractivity contribution in [1.29, 1.82) is 0 Å². The van der Waals surface area contributed by atoms with E-state index in [0.29, 0.717) is 43.6 Å². The number of halogens is 2. The summed E-state index contributed by atoms with van der Waals surface area (Å²) in [6.07, 6.45) is 4.48. The van der Waals surface area contributed by atoms with Crippen LogP contribution in [-0.4, -0.2) is 22.2 Å². The average molecular weight is 603 g/mol. The molecule has 0 N–H and O–H groups in total. The molecule has 206 valence electrons. The van der Waals surface area contributed by atoms with Gasteiger partial charge in [-0.15, -0.1) is 0 Å². The van der Waals surface area contributed by atoms with Crippen LogP contribution in [0.25, 0.3) is 17.0 Å². The van der Waals surface area contributed by atoms with E-state index in [1.807, 2.05) is 79.9 Å². The molecule has 9 heteroatoms. The molecular weight excluding hydrogens is 577 g/mol. The van der Waals surface area contributed by atoms with Crippen molar-refractivity contribution in [3.05, 3.63) is 137 Å². The van der Waals surface area contributed by atoms with Gasteiger partial charge in [0.2, 0.25) is 0 Å². The lowest BCUT2D eigenvalue weighted by Gasteiger charge is -2.25. The van der Waals surface area contributed by atoms with Crippen molar-refractivity contribution in [3.8, 4) is 0 Å². The maximum atomic E-state index is 14.0. The molecule has 0 amide bonds. The second kappa shape index (κ2) is 11.2.